The third kappa shape index (κ3) is 3.02. The lowest BCUT2D eigenvalue weighted by atomic mass is 9.92. The number of hydrogen-bond donors (Lipinski definition) is 0. The van der Waals surface area contributed by atoms with Gasteiger partial charge in [-0.2, -0.15) is 0 Å². The zero-order valence-corrected chi connectivity index (χ0v) is 15.1. The molecule has 0 spiro atoms. The summed E-state index contributed by atoms with van der Waals surface area (Å²) in [4.78, 5) is 2.46. The van der Waals surface area contributed by atoms with Crippen LogP contribution in [0.3, 0.4) is 0 Å². The molecular weight excluding hydrogens is 326 g/mol. The van der Waals surface area contributed by atoms with Gasteiger partial charge >= 0.3 is 0 Å². The molecule has 0 amide bonds. The predicted octanol–water partition coefficient (Wildman–Crippen LogP) is 6.62. The molecule has 0 saturated carbocycles. The average molecular weight is 347 g/mol. The smallest absolute Gasteiger partial charge is 0.0566 e. The van der Waals surface area contributed by atoms with Gasteiger partial charge in [0, 0.05) is 11.4 Å². The quantitative estimate of drug-likeness (QED) is 0.403. The highest BCUT2D eigenvalue weighted by molar-refractivity contribution is 5.87. The molecule has 27 heavy (non-hydrogen) atoms. The van der Waals surface area contributed by atoms with Gasteiger partial charge in [-0.15, -0.1) is 0 Å². The van der Waals surface area contributed by atoms with Crippen LogP contribution in [-0.2, 0) is 6.42 Å². The molecule has 0 N–H and O–H groups in total. The van der Waals surface area contributed by atoms with E-state index in [-0.39, 0.29) is 0 Å². The van der Waals surface area contributed by atoms with Crippen LogP contribution in [0.4, 0.5) is 11.4 Å². The van der Waals surface area contributed by atoms with E-state index in [1.165, 1.54) is 33.3 Å². The second-order valence-corrected chi connectivity index (χ2v) is 7.07. The highest BCUT2D eigenvalue weighted by atomic mass is 15.2. The molecule has 4 aromatic rings. The zero-order chi connectivity index (χ0) is 18.1. The third-order valence-electron chi connectivity index (χ3n) is 5.36. The summed E-state index contributed by atoms with van der Waals surface area (Å²) in [6.45, 7) is 0. The Balaban J connectivity index is 1.61. The summed E-state index contributed by atoms with van der Waals surface area (Å²) in [6.07, 6.45) is 5.61. The van der Waals surface area contributed by atoms with Crippen LogP contribution in [0.5, 0.6) is 0 Å². The lowest BCUT2D eigenvalue weighted by molar-refractivity contribution is 0.767. The van der Waals surface area contributed by atoms with Gasteiger partial charge in [0.1, 0.15) is 0 Å². The van der Waals surface area contributed by atoms with Gasteiger partial charge < -0.3 is 4.90 Å². The molecule has 0 saturated heterocycles. The van der Waals surface area contributed by atoms with Crippen molar-refractivity contribution in [3.63, 3.8) is 0 Å². The van der Waals surface area contributed by atoms with Crippen LogP contribution < -0.4 is 4.90 Å². The van der Waals surface area contributed by atoms with E-state index in [1.54, 1.807) is 0 Å². The van der Waals surface area contributed by atoms with E-state index in [4.69, 9.17) is 0 Å². The summed E-state index contributed by atoms with van der Waals surface area (Å²) in [5.41, 5.74) is 5.20. The number of rotatable bonds is 3. The fourth-order valence-corrected chi connectivity index (χ4v) is 4.02. The van der Waals surface area contributed by atoms with Gasteiger partial charge in [0.05, 0.1) is 6.04 Å². The van der Waals surface area contributed by atoms with Crippen molar-refractivity contribution < 1.29 is 0 Å². The van der Waals surface area contributed by atoms with Crippen LogP contribution in [-0.4, -0.2) is 6.04 Å². The Morgan fingerprint density at radius 2 is 1.37 bits per heavy atom. The molecular formula is C26H21N. The predicted molar refractivity (Wildman–Crippen MR) is 115 cm³/mol. The van der Waals surface area contributed by atoms with E-state index in [1.807, 2.05) is 0 Å². The monoisotopic (exact) mass is 347 g/mol. The lowest BCUT2D eigenvalue weighted by Crippen LogP contribution is -2.32. The van der Waals surface area contributed by atoms with Crippen molar-refractivity contribution in [1.82, 2.24) is 0 Å². The molecule has 5 rings (SSSR count). The second kappa shape index (κ2) is 6.77. The zero-order valence-electron chi connectivity index (χ0n) is 15.1. The summed E-state index contributed by atoms with van der Waals surface area (Å²) in [7, 11) is 0. The Kier molecular flexibility index (Phi) is 3.99. The molecule has 1 aliphatic rings. The highest BCUT2D eigenvalue weighted by Crippen LogP contribution is 2.34. The van der Waals surface area contributed by atoms with Crippen molar-refractivity contribution in [3.05, 3.63) is 114 Å². The first kappa shape index (κ1) is 15.9. The van der Waals surface area contributed by atoms with E-state index in [0.29, 0.717) is 6.04 Å². The fourth-order valence-electron chi connectivity index (χ4n) is 4.02. The first-order valence-corrected chi connectivity index (χ1v) is 9.48. The maximum atomic E-state index is 2.46. The fraction of sp³-hybridized carbons (Fsp3) is 0.0769. The molecule has 1 heteroatoms. The van der Waals surface area contributed by atoms with Gasteiger partial charge in [-0.3, -0.25) is 0 Å². The van der Waals surface area contributed by atoms with E-state index in [9.17, 15) is 0 Å². The Morgan fingerprint density at radius 1 is 0.630 bits per heavy atom. The number of anilines is 2. The van der Waals surface area contributed by atoms with Crippen LogP contribution in [0.25, 0.3) is 16.8 Å². The largest absolute Gasteiger partial charge is 0.334 e. The van der Waals surface area contributed by atoms with Crippen molar-refractivity contribution >= 4 is 28.2 Å². The molecule has 130 valence electrons. The molecule has 1 unspecified atom stereocenters. The van der Waals surface area contributed by atoms with Crippen LogP contribution in [0.15, 0.2) is 103 Å². The minimum Gasteiger partial charge on any atom is -0.334 e. The van der Waals surface area contributed by atoms with Crippen LogP contribution in [0, 0.1) is 0 Å². The minimum absolute atomic E-state index is 0.295. The third-order valence-corrected chi connectivity index (χ3v) is 5.36. The van der Waals surface area contributed by atoms with Gasteiger partial charge in [0.25, 0.3) is 0 Å². The van der Waals surface area contributed by atoms with Gasteiger partial charge in [0.2, 0.25) is 0 Å². The van der Waals surface area contributed by atoms with Crippen LogP contribution in [0.1, 0.15) is 11.1 Å². The van der Waals surface area contributed by atoms with Crippen LogP contribution >= 0.6 is 0 Å². The number of benzene rings is 4. The molecule has 0 fully saturated rings. The summed E-state index contributed by atoms with van der Waals surface area (Å²) >= 11 is 0. The molecule has 4 aromatic carbocycles. The standard InChI is InChI=1S/C26H21N/c1-2-12-24(13-3-1)27(25-16-14-20-8-4-6-10-22(20)18-25)26-17-15-21-9-5-7-11-23(21)19-26/h1-18,26H,19H2. The molecule has 1 nitrogen and oxygen atoms in total. The lowest BCUT2D eigenvalue weighted by Gasteiger charge is -2.34. The molecule has 0 radical (unpaired) electrons. The topological polar surface area (TPSA) is 3.24 Å². The van der Waals surface area contributed by atoms with Crippen molar-refractivity contribution in [3.8, 4) is 0 Å². The van der Waals surface area contributed by atoms with Gasteiger partial charge in [-0.05, 0) is 52.6 Å². The molecule has 0 aliphatic heterocycles. The summed E-state index contributed by atoms with van der Waals surface area (Å²) in [5.74, 6) is 0. The summed E-state index contributed by atoms with van der Waals surface area (Å²) in [5, 5.41) is 2.55. The minimum atomic E-state index is 0.295. The molecule has 0 bridgehead atoms. The molecule has 0 aromatic heterocycles. The summed E-state index contributed by atoms with van der Waals surface area (Å²) < 4.78 is 0. The van der Waals surface area contributed by atoms with Crippen molar-refractivity contribution in [2.75, 3.05) is 4.90 Å². The van der Waals surface area contributed by atoms with Gasteiger partial charge in [0.15, 0.2) is 0 Å². The SMILES string of the molecule is C1=CC(N(c2ccccc2)c2ccc3ccccc3c2)Cc2ccccc21. The average Bonchev–Trinajstić information content (AvgIpc) is 2.74. The van der Waals surface area contributed by atoms with Crippen molar-refractivity contribution in [1.29, 1.82) is 0 Å². The van der Waals surface area contributed by atoms with Gasteiger partial charge in [-0.25, -0.2) is 0 Å². The van der Waals surface area contributed by atoms with Crippen LogP contribution in [0.2, 0.25) is 0 Å². The number of para-hydroxylation sites is 1. The maximum absolute atomic E-state index is 2.46. The Hall–Kier alpha value is -3.32. The van der Waals surface area contributed by atoms with E-state index < -0.39 is 0 Å². The normalized spacial score (nSPS) is 15.5. The molecule has 0 heterocycles. The van der Waals surface area contributed by atoms with Crippen molar-refractivity contribution in [2.45, 2.75) is 12.5 Å². The van der Waals surface area contributed by atoms with E-state index in [2.05, 4.69) is 114 Å². The Morgan fingerprint density at radius 3 is 2.26 bits per heavy atom. The van der Waals surface area contributed by atoms with Crippen molar-refractivity contribution in [2.24, 2.45) is 0 Å². The number of fused-ring (bicyclic) bond motifs is 2. The first-order valence-electron chi connectivity index (χ1n) is 9.48. The Bertz CT molecular complexity index is 1110. The maximum Gasteiger partial charge on any atom is 0.0566 e. The highest BCUT2D eigenvalue weighted by Gasteiger charge is 2.22. The first-order chi connectivity index (χ1) is 13.4. The summed E-state index contributed by atoms with van der Waals surface area (Å²) in [6, 6.07) is 35.0. The van der Waals surface area contributed by atoms with E-state index >= 15 is 0 Å². The molecule has 1 aliphatic carbocycles. The Labute approximate surface area is 160 Å². The number of nitrogens with zero attached hydrogens (tertiary/aromatic N) is 1. The number of hydrogen-bond acceptors (Lipinski definition) is 1. The molecule has 1 atom stereocenters. The van der Waals surface area contributed by atoms with E-state index in [0.717, 1.165) is 6.42 Å². The second-order valence-electron chi connectivity index (χ2n) is 7.07. The van der Waals surface area contributed by atoms with Gasteiger partial charge in [-0.1, -0.05) is 84.9 Å².